The molecule has 0 saturated carbocycles. The minimum atomic E-state index is -0.0240. The molecule has 8 nitrogen and oxygen atoms in total. The Bertz CT molecular complexity index is 727. The molecule has 0 unspecified atom stereocenters. The first kappa shape index (κ1) is 13.0. The van der Waals surface area contributed by atoms with Crippen LogP contribution in [0.2, 0.25) is 0 Å². The number of anilines is 1. The third-order valence-electron chi connectivity index (χ3n) is 2.67. The highest BCUT2D eigenvalue weighted by Crippen LogP contribution is 2.19. The Kier molecular flexibility index (Phi) is 3.44. The third-order valence-corrected chi connectivity index (χ3v) is 2.67. The maximum Gasteiger partial charge on any atom is 0.328 e. The van der Waals surface area contributed by atoms with Gasteiger partial charge in [-0.05, 0) is 17.7 Å². The van der Waals surface area contributed by atoms with Crippen molar-refractivity contribution < 1.29 is 9.84 Å². The van der Waals surface area contributed by atoms with Gasteiger partial charge in [-0.15, -0.1) is 0 Å². The Labute approximate surface area is 119 Å². The number of ether oxygens (including phenoxy) is 1. The summed E-state index contributed by atoms with van der Waals surface area (Å²) in [6.45, 7) is -0.0240. The number of aromatic nitrogens is 5. The normalized spacial score (nSPS) is 10.5. The van der Waals surface area contributed by atoms with Crippen molar-refractivity contribution in [3.63, 3.8) is 0 Å². The van der Waals surface area contributed by atoms with Crippen LogP contribution in [0, 0.1) is 0 Å². The number of nitrogens with zero attached hydrogens (tertiary/aromatic N) is 5. The molecule has 0 saturated heterocycles. The lowest BCUT2D eigenvalue weighted by Gasteiger charge is -2.07. The topological polar surface area (TPSA) is 112 Å². The van der Waals surface area contributed by atoms with Gasteiger partial charge in [-0.1, -0.05) is 12.1 Å². The van der Waals surface area contributed by atoms with Gasteiger partial charge in [-0.3, -0.25) is 4.57 Å². The van der Waals surface area contributed by atoms with Crippen molar-refractivity contribution in [1.82, 2.24) is 24.5 Å². The molecule has 8 heteroatoms. The molecule has 3 rings (SSSR count). The van der Waals surface area contributed by atoms with E-state index in [1.165, 1.54) is 0 Å². The first-order valence-corrected chi connectivity index (χ1v) is 6.12. The van der Waals surface area contributed by atoms with Gasteiger partial charge in [0.25, 0.3) is 0 Å². The number of benzene rings is 1. The van der Waals surface area contributed by atoms with Crippen LogP contribution in [-0.4, -0.2) is 29.6 Å². The lowest BCUT2D eigenvalue weighted by atomic mass is 10.2. The number of aliphatic hydroxyl groups is 1. The minimum Gasteiger partial charge on any atom is -0.424 e. The van der Waals surface area contributed by atoms with Crippen molar-refractivity contribution in [2.45, 2.75) is 6.61 Å². The molecular formula is C13H12N6O2. The quantitative estimate of drug-likeness (QED) is 0.732. The molecule has 0 atom stereocenters. The van der Waals surface area contributed by atoms with E-state index in [1.54, 1.807) is 47.6 Å². The molecule has 3 aromatic rings. The molecule has 0 bridgehead atoms. The van der Waals surface area contributed by atoms with E-state index < -0.39 is 0 Å². The van der Waals surface area contributed by atoms with Crippen molar-refractivity contribution in [2.75, 3.05) is 5.73 Å². The van der Waals surface area contributed by atoms with E-state index in [0.29, 0.717) is 11.7 Å². The van der Waals surface area contributed by atoms with Crippen molar-refractivity contribution >= 4 is 5.95 Å². The molecule has 3 N–H and O–H groups in total. The van der Waals surface area contributed by atoms with E-state index in [2.05, 4.69) is 19.9 Å². The second-order valence-electron chi connectivity index (χ2n) is 4.15. The van der Waals surface area contributed by atoms with E-state index in [9.17, 15) is 0 Å². The van der Waals surface area contributed by atoms with Gasteiger partial charge in [0.1, 0.15) is 12.1 Å². The zero-order valence-corrected chi connectivity index (χ0v) is 10.9. The summed E-state index contributed by atoms with van der Waals surface area (Å²) in [7, 11) is 0. The molecule has 21 heavy (non-hydrogen) atoms. The van der Waals surface area contributed by atoms with Gasteiger partial charge in [0.15, 0.2) is 0 Å². The Hall–Kier alpha value is -3.00. The van der Waals surface area contributed by atoms with Crippen LogP contribution in [0.25, 0.3) is 5.95 Å². The molecule has 0 aliphatic carbocycles. The van der Waals surface area contributed by atoms with Gasteiger partial charge in [0.05, 0.1) is 6.61 Å². The highest BCUT2D eigenvalue weighted by atomic mass is 16.5. The number of aliphatic hydroxyl groups excluding tert-OH is 1. The van der Waals surface area contributed by atoms with E-state index >= 15 is 0 Å². The fraction of sp³-hybridized carbons (Fsp3) is 0.0769. The fourth-order valence-electron chi connectivity index (χ4n) is 1.67. The number of hydrogen-bond acceptors (Lipinski definition) is 7. The maximum absolute atomic E-state index is 9.00. The maximum atomic E-state index is 9.00. The van der Waals surface area contributed by atoms with Gasteiger partial charge in [-0.2, -0.15) is 15.0 Å². The van der Waals surface area contributed by atoms with Crippen molar-refractivity contribution in [3.8, 4) is 17.7 Å². The lowest BCUT2D eigenvalue weighted by molar-refractivity contribution is 0.281. The average Bonchev–Trinajstić information content (AvgIpc) is 3.02. The Morgan fingerprint density at radius 1 is 1.14 bits per heavy atom. The average molecular weight is 284 g/mol. The first-order valence-electron chi connectivity index (χ1n) is 6.12. The summed E-state index contributed by atoms with van der Waals surface area (Å²) in [5.74, 6) is 0.909. The molecule has 2 aromatic heterocycles. The molecule has 0 fully saturated rings. The largest absolute Gasteiger partial charge is 0.424 e. The smallest absolute Gasteiger partial charge is 0.328 e. The van der Waals surface area contributed by atoms with E-state index in [1.807, 2.05) is 0 Å². The molecule has 1 aromatic carbocycles. The van der Waals surface area contributed by atoms with Gasteiger partial charge >= 0.3 is 6.01 Å². The molecule has 0 spiro atoms. The van der Waals surface area contributed by atoms with Crippen LogP contribution in [0.1, 0.15) is 5.56 Å². The minimum absolute atomic E-state index is 0.0240. The van der Waals surface area contributed by atoms with Gasteiger partial charge in [-0.25, -0.2) is 4.98 Å². The van der Waals surface area contributed by atoms with Gasteiger partial charge in [0.2, 0.25) is 11.9 Å². The van der Waals surface area contributed by atoms with E-state index in [4.69, 9.17) is 15.6 Å². The Balaban J connectivity index is 1.88. The standard InChI is InChI=1S/C13H12N6O2/c14-11-16-12(19-6-5-15-8-19)18-13(17-11)21-10-3-1-9(7-20)2-4-10/h1-6,8,20H,7H2,(H2,14,16,17,18). The summed E-state index contributed by atoms with van der Waals surface area (Å²) in [5.41, 5.74) is 6.44. The van der Waals surface area contributed by atoms with Crippen LogP contribution in [0.3, 0.4) is 0 Å². The van der Waals surface area contributed by atoms with Crippen LogP contribution in [-0.2, 0) is 6.61 Å². The lowest BCUT2D eigenvalue weighted by Crippen LogP contribution is -2.06. The highest BCUT2D eigenvalue weighted by Gasteiger charge is 2.08. The van der Waals surface area contributed by atoms with Crippen LogP contribution >= 0.6 is 0 Å². The molecular weight excluding hydrogens is 272 g/mol. The third kappa shape index (κ3) is 2.95. The molecule has 0 aliphatic rings. The molecule has 0 radical (unpaired) electrons. The Morgan fingerprint density at radius 2 is 1.95 bits per heavy atom. The second kappa shape index (κ2) is 5.55. The van der Waals surface area contributed by atoms with Crippen LogP contribution in [0.4, 0.5) is 5.95 Å². The SMILES string of the molecule is Nc1nc(Oc2ccc(CO)cc2)nc(-n2ccnc2)n1. The number of nitrogen functional groups attached to an aromatic ring is 1. The van der Waals surface area contributed by atoms with Crippen LogP contribution < -0.4 is 10.5 Å². The summed E-state index contributed by atoms with van der Waals surface area (Å²) in [5, 5.41) is 9.00. The van der Waals surface area contributed by atoms with Crippen molar-refractivity contribution in [1.29, 1.82) is 0 Å². The van der Waals surface area contributed by atoms with Gasteiger partial charge < -0.3 is 15.6 Å². The second-order valence-corrected chi connectivity index (χ2v) is 4.15. The predicted molar refractivity (Wildman–Crippen MR) is 73.8 cm³/mol. The summed E-state index contributed by atoms with van der Waals surface area (Å²) in [6.07, 6.45) is 4.84. The summed E-state index contributed by atoms with van der Waals surface area (Å²) < 4.78 is 7.14. The van der Waals surface area contributed by atoms with E-state index in [0.717, 1.165) is 5.56 Å². The van der Waals surface area contributed by atoms with Crippen LogP contribution in [0.5, 0.6) is 11.8 Å². The molecule has 106 valence electrons. The van der Waals surface area contributed by atoms with Crippen molar-refractivity contribution in [2.24, 2.45) is 0 Å². The summed E-state index contributed by atoms with van der Waals surface area (Å²) in [4.78, 5) is 16.0. The molecule has 0 aliphatic heterocycles. The highest BCUT2D eigenvalue weighted by molar-refractivity contribution is 5.31. The van der Waals surface area contributed by atoms with Gasteiger partial charge in [0, 0.05) is 12.4 Å². The summed E-state index contributed by atoms with van der Waals surface area (Å²) in [6, 6.07) is 7.00. The first-order chi connectivity index (χ1) is 10.2. The molecule has 2 heterocycles. The number of hydrogen-bond donors (Lipinski definition) is 2. The predicted octanol–water partition coefficient (Wildman–Crippen LogP) is 0.924. The number of nitrogens with two attached hydrogens (primary N) is 1. The number of imidazole rings is 1. The Morgan fingerprint density at radius 3 is 2.62 bits per heavy atom. The monoisotopic (exact) mass is 284 g/mol. The van der Waals surface area contributed by atoms with Crippen LogP contribution in [0.15, 0.2) is 43.0 Å². The van der Waals surface area contributed by atoms with Crippen molar-refractivity contribution in [3.05, 3.63) is 48.5 Å². The number of rotatable bonds is 4. The zero-order valence-electron chi connectivity index (χ0n) is 10.9. The van der Waals surface area contributed by atoms with E-state index in [-0.39, 0.29) is 18.6 Å². The fourth-order valence-corrected chi connectivity index (χ4v) is 1.67. The summed E-state index contributed by atoms with van der Waals surface area (Å²) >= 11 is 0. The zero-order chi connectivity index (χ0) is 14.7. The molecule has 0 amide bonds.